The highest BCUT2D eigenvalue weighted by Gasteiger charge is 2.33. The van der Waals surface area contributed by atoms with Crippen LogP contribution in [0.5, 0.6) is 0 Å². The summed E-state index contributed by atoms with van der Waals surface area (Å²) in [4.78, 5) is 28.6. The van der Waals surface area contributed by atoms with Gasteiger partial charge in [0.05, 0.1) is 6.54 Å². The van der Waals surface area contributed by atoms with E-state index in [-0.39, 0.29) is 11.9 Å². The van der Waals surface area contributed by atoms with Crippen molar-refractivity contribution in [1.29, 1.82) is 0 Å². The summed E-state index contributed by atoms with van der Waals surface area (Å²) in [5, 5.41) is 3.12. The zero-order valence-electron chi connectivity index (χ0n) is 13.7. The lowest BCUT2D eigenvalue weighted by Crippen LogP contribution is -2.57. The molecule has 3 aliphatic rings. The molecular formula is C17H29N3O2. The largest absolute Gasteiger partial charge is 0.341 e. The van der Waals surface area contributed by atoms with Crippen molar-refractivity contribution < 1.29 is 9.59 Å². The topological polar surface area (TPSA) is 52.7 Å². The molecule has 2 saturated heterocycles. The molecule has 2 heterocycles. The standard InChI is InChI=1S/C17H29N3O2/c1-13-4-5-14(9-13)10-16(21)19-7-2-3-15(12-19)20-8-6-18-11-17(20)22/h13-15,18H,2-12H2,1H3. The predicted molar refractivity (Wildman–Crippen MR) is 85.3 cm³/mol. The Morgan fingerprint density at radius 3 is 2.86 bits per heavy atom. The van der Waals surface area contributed by atoms with Gasteiger partial charge in [-0.15, -0.1) is 0 Å². The number of rotatable bonds is 3. The van der Waals surface area contributed by atoms with E-state index in [1.807, 2.05) is 9.80 Å². The molecule has 2 aliphatic heterocycles. The van der Waals surface area contributed by atoms with Gasteiger partial charge in [-0.05, 0) is 37.5 Å². The van der Waals surface area contributed by atoms with Crippen LogP contribution in [0.15, 0.2) is 0 Å². The van der Waals surface area contributed by atoms with Crippen molar-refractivity contribution in [3.63, 3.8) is 0 Å². The molecule has 0 aromatic rings. The van der Waals surface area contributed by atoms with Crippen molar-refractivity contribution >= 4 is 11.8 Å². The number of hydrogen-bond acceptors (Lipinski definition) is 3. The Balaban J connectivity index is 1.53. The number of likely N-dealkylation sites (tertiary alicyclic amines) is 1. The maximum atomic E-state index is 12.6. The Kier molecular flexibility index (Phi) is 5.01. The first-order valence-electron chi connectivity index (χ1n) is 8.91. The Morgan fingerprint density at radius 1 is 1.27 bits per heavy atom. The summed E-state index contributed by atoms with van der Waals surface area (Å²) in [5.74, 6) is 1.87. The van der Waals surface area contributed by atoms with E-state index in [2.05, 4.69) is 12.2 Å². The molecule has 3 rings (SSSR count). The molecule has 0 bridgehead atoms. The van der Waals surface area contributed by atoms with E-state index >= 15 is 0 Å². The summed E-state index contributed by atoms with van der Waals surface area (Å²) in [7, 11) is 0. The van der Waals surface area contributed by atoms with Crippen LogP contribution in [0.25, 0.3) is 0 Å². The van der Waals surface area contributed by atoms with Crippen molar-refractivity contribution in [2.24, 2.45) is 11.8 Å². The molecule has 1 saturated carbocycles. The third-order valence-electron chi connectivity index (χ3n) is 5.58. The molecule has 1 N–H and O–H groups in total. The SMILES string of the molecule is CC1CCC(CC(=O)N2CCCC(N3CCNCC3=O)C2)C1. The molecule has 5 nitrogen and oxygen atoms in total. The van der Waals surface area contributed by atoms with Gasteiger partial charge in [0.15, 0.2) is 0 Å². The highest BCUT2D eigenvalue weighted by Crippen LogP contribution is 2.33. The van der Waals surface area contributed by atoms with Gasteiger partial charge in [0.1, 0.15) is 0 Å². The lowest BCUT2D eigenvalue weighted by Gasteiger charge is -2.41. The highest BCUT2D eigenvalue weighted by molar-refractivity contribution is 5.80. The molecule has 0 spiro atoms. The van der Waals surface area contributed by atoms with Gasteiger partial charge in [-0.25, -0.2) is 0 Å². The number of hydrogen-bond donors (Lipinski definition) is 1. The van der Waals surface area contributed by atoms with Gasteiger partial charge in [0.2, 0.25) is 11.8 Å². The number of piperidine rings is 1. The quantitative estimate of drug-likeness (QED) is 0.853. The summed E-state index contributed by atoms with van der Waals surface area (Å²) in [6.07, 6.45) is 6.47. The first kappa shape index (κ1) is 15.8. The van der Waals surface area contributed by atoms with E-state index in [0.29, 0.717) is 24.8 Å². The van der Waals surface area contributed by atoms with Crippen LogP contribution >= 0.6 is 0 Å². The first-order valence-corrected chi connectivity index (χ1v) is 8.91. The van der Waals surface area contributed by atoms with E-state index in [1.54, 1.807) is 0 Å². The average molecular weight is 307 g/mol. The molecule has 124 valence electrons. The monoisotopic (exact) mass is 307 g/mol. The van der Waals surface area contributed by atoms with E-state index in [9.17, 15) is 9.59 Å². The van der Waals surface area contributed by atoms with Gasteiger partial charge in [0, 0.05) is 38.6 Å². The number of amides is 2. The number of carbonyl (C=O) groups excluding carboxylic acids is 2. The smallest absolute Gasteiger partial charge is 0.236 e. The Hall–Kier alpha value is -1.10. The maximum Gasteiger partial charge on any atom is 0.236 e. The second-order valence-corrected chi connectivity index (χ2v) is 7.39. The van der Waals surface area contributed by atoms with Gasteiger partial charge >= 0.3 is 0 Å². The lowest BCUT2D eigenvalue weighted by atomic mass is 9.99. The summed E-state index contributed by atoms with van der Waals surface area (Å²) in [5.41, 5.74) is 0. The summed E-state index contributed by atoms with van der Waals surface area (Å²) < 4.78 is 0. The molecule has 0 radical (unpaired) electrons. The second-order valence-electron chi connectivity index (χ2n) is 7.39. The fourth-order valence-electron chi connectivity index (χ4n) is 4.33. The minimum absolute atomic E-state index is 0.190. The summed E-state index contributed by atoms with van der Waals surface area (Å²) >= 11 is 0. The van der Waals surface area contributed by atoms with Crippen molar-refractivity contribution in [2.45, 2.75) is 51.5 Å². The molecule has 2 amide bonds. The zero-order valence-corrected chi connectivity index (χ0v) is 13.7. The van der Waals surface area contributed by atoms with Crippen LogP contribution in [0.2, 0.25) is 0 Å². The maximum absolute atomic E-state index is 12.6. The molecule has 5 heteroatoms. The first-order chi connectivity index (χ1) is 10.6. The molecule has 0 aromatic carbocycles. The van der Waals surface area contributed by atoms with Gasteiger partial charge in [-0.1, -0.05) is 13.3 Å². The van der Waals surface area contributed by atoms with Crippen LogP contribution in [0.1, 0.15) is 45.4 Å². The molecule has 3 unspecified atom stereocenters. The number of nitrogens with zero attached hydrogens (tertiary/aromatic N) is 2. The lowest BCUT2D eigenvalue weighted by molar-refractivity contribution is -0.140. The van der Waals surface area contributed by atoms with Gasteiger partial charge in [-0.3, -0.25) is 9.59 Å². The highest BCUT2D eigenvalue weighted by atomic mass is 16.2. The second kappa shape index (κ2) is 6.99. The molecular weight excluding hydrogens is 278 g/mol. The number of piperazine rings is 1. The van der Waals surface area contributed by atoms with Crippen molar-refractivity contribution in [3.8, 4) is 0 Å². The third-order valence-corrected chi connectivity index (χ3v) is 5.58. The fraction of sp³-hybridized carbons (Fsp3) is 0.882. The zero-order chi connectivity index (χ0) is 15.5. The molecule has 1 aliphatic carbocycles. The average Bonchev–Trinajstić information content (AvgIpc) is 2.93. The van der Waals surface area contributed by atoms with Crippen molar-refractivity contribution in [1.82, 2.24) is 15.1 Å². The molecule has 3 fully saturated rings. The van der Waals surface area contributed by atoms with Crippen LogP contribution in [0.3, 0.4) is 0 Å². The van der Waals surface area contributed by atoms with Gasteiger partial charge in [-0.2, -0.15) is 0 Å². The van der Waals surface area contributed by atoms with E-state index in [0.717, 1.165) is 44.9 Å². The van der Waals surface area contributed by atoms with Crippen LogP contribution in [-0.4, -0.2) is 60.4 Å². The predicted octanol–water partition coefficient (Wildman–Crippen LogP) is 1.24. The molecule has 3 atom stereocenters. The fourth-order valence-corrected chi connectivity index (χ4v) is 4.33. The van der Waals surface area contributed by atoms with E-state index < -0.39 is 0 Å². The number of nitrogens with one attached hydrogen (secondary N) is 1. The summed E-state index contributed by atoms with van der Waals surface area (Å²) in [6, 6.07) is 0.231. The van der Waals surface area contributed by atoms with Gasteiger partial charge < -0.3 is 15.1 Å². The van der Waals surface area contributed by atoms with Crippen LogP contribution in [0, 0.1) is 11.8 Å². The summed E-state index contributed by atoms with van der Waals surface area (Å²) in [6.45, 7) is 6.01. The Bertz CT molecular complexity index is 426. The molecule has 22 heavy (non-hydrogen) atoms. The Labute approximate surface area is 133 Å². The third kappa shape index (κ3) is 3.62. The van der Waals surface area contributed by atoms with Crippen LogP contribution in [0.4, 0.5) is 0 Å². The van der Waals surface area contributed by atoms with Crippen molar-refractivity contribution in [2.75, 3.05) is 32.7 Å². The van der Waals surface area contributed by atoms with E-state index in [4.69, 9.17) is 0 Å². The Morgan fingerprint density at radius 2 is 2.14 bits per heavy atom. The van der Waals surface area contributed by atoms with Crippen molar-refractivity contribution in [3.05, 3.63) is 0 Å². The van der Waals surface area contributed by atoms with Crippen LogP contribution < -0.4 is 5.32 Å². The van der Waals surface area contributed by atoms with E-state index in [1.165, 1.54) is 19.3 Å². The van der Waals surface area contributed by atoms with Gasteiger partial charge in [0.25, 0.3) is 0 Å². The normalized spacial score (nSPS) is 33.3. The number of carbonyl (C=O) groups is 2. The van der Waals surface area contributed by atoms with Crippen LogP contribution in [-0.2, 0) is 9.59 Å². The molecule has 0 aromatic heterocycles. The minimum Gasteiger partial charge on any atom is -0.341 e. The minimum atomic E-state index is 0.190.